The Kier molecular flexibility index (Phi) is 6.89. The van der Waals surface area contributed by atoms with Crippen molar-refractivity contribution < 1.29 is 14.2 Å². The van der Waals surface area contributed by atoms with Crippen LogP contribution in [0.4, 0.5) is 17.3 Å². The van der Waals surface area contributed by atoms with Crippen LogP contribution in [-0.2, 0) is 9.47 Å². The Labute approximate surface area is 217 Å². The first-order valence-corrected chi connectivity index (χ1v) is 13.1. The van der Waals surface area contributed by atoms with E-state index >= 15 is 0 Å². The van der Waals surface area contributed by atoms with E-state index < -0.39 is 0 Å². The molecule has 6 rings (SSSR count). The molecule has 190 valence electrons. The second-order valence-corrected chi connectivity index (χ2v) is 9.79. The van der Waals surface area contributed by atoms with Crippen molar-refractivity contribution in [3.8, 4) is 23.1 Å². The van der Waals surface area contributed by atoms with Crippen molar-refractivity contribution in [1.82, 2.24) is 9.97 Å². The van der Waals surface area contributed by atoms with Crippen LogP contribution in [0.3, 0.4) is 0 Å². The van der Waals surface area contributed by atoms with Gasteiger partial charge in [0.25, 0.3) is 0 Å². The van der Waals surface area contributed by atoms with Crippen molar-refractivity contribution in [1.29, 1.82) is 5.26 Å². The second kappa shape index (κ2) is 10.8. The molecule has 0 unspecified atom stereocenters. The highest BCUT2D eigenvalue weighted by Crippen LogP contribution is 2.45. The maximum absolute atomic E-state index is 9.75. The number of nitrogens with one attached hydrogen (secondary N) is 1. The van der Waals surface area contributed by atoms with Crippen LogP contribution in [0.25, 0.3) is 11.3 Å². The fraction of sp³-hybridized carbons (Fsp3) is 0.414. The molecule has 0 atom stereocenters. The summed E-state index contributed by atoms with van der Waals surface area (Å²) in [6, 6.07) is 16.3. The van der Waals surface area contributed by atoms with E-state index in [1.165, 1.54) is 24.1 Å². The summed E-state index contributed by atoms with van der Waals surface area (Å²) in [6.45, 7) is 4.81. The molecule has 0 bridgehead atoms. The van der Waals surface area contributed by atoms with Crippen LogP contribution < -0.4 is 15.0 Å². The number of nitrogens with zero attached hydrogens (tertiary/aromatic N) is 4. The van der Waals surface area contributed by atoms with Gasteiger partial charge in [-0.05, 0) is 66.8 Å². The van der Waals surface area contributed by atoms with Gasteiger partial charge in [-0.3, -0.25) is 0 Å². The van der Waals surface area contributed by atoms with Gasteiger partial charge in [0, 0.05) is 49.1 Å². The van der Waals surface area contributed by atoms with E-state index in [1.54, 1.807) is 6.20 Å². The zero-order valence-electron chi connectivity index (χ0n) is 20.9. The number of benzene rings is 2. The van der Waals surface area contributed by atoms with Crippen LogP contribution in [0.15, 0.2) is 48.7 Å². The summed E-state index contributed by atoms with van der Waals surface area (Å²) in [5.41, 5.74) is 5.79. The number of ether oxygens (including phenoxy) is 3. The lowest BCUT2D eigenvalue weighted by atomic mass is 10.1. The molecule has 1 aliphatic carbocycles. The lowest BCUT2D eigenvalue weighted by Gasteiger charge is -2.31. The normalized spacial score (nSPS) is 18.3. The van der Waals surface area contributed by atoms with Gasteiger partial charge in [-0.2, -0.15) is 5.26 Å². The molecule has 3 fully saturated rings. The highest BCUT2D eigenvalue weighted by atomic mass is 16.5. The molecule has 2 aromatic carbocycles. The maximum atomic E-state index is 9.75. The number of aromatic nitrogens is 2. The van der Waals surface area contributed by atoms with Crippen molar-refractivity contribution in [2.75, 3.05) is 49.7 Å². The molecule has 37 heavy (non-hydrogen) atoms. The first-order valence-electron chi connectivity index (χ1n) is 13.1. The van der Waals surface area contributed by atoms with Gasteiger partial charge >= 0.3 is 0 Å². The van der Waals surface area contributed by atoms with Gasteiger partial charge in [0.1, 0.15) is 17.9 Å². The summed E-state index contributed by atoms with van der Waals surface area (Å²) >= 11 is 0. The fourth-order valence-corrected chi connectivity index (χ4v) is 5.01. The van der Waals surface area contributed by atoms with Gasteiger partial charge in [0.05, 0.1) is 37.7 Å². The minimum absolute atomic E-state index is 0.0803. The van der Waals surface area contributed by atoms with Crippen LogP contribution in [0.2, 0.25) is 0 Å². The van der Waals surface area contributed by atoms with Crippen LogP contribution in [0.5, 0.6) is 5.75 Å². The molecule has 2 saturated heterocycles. The highest BCUT2D eigenvalue weighted by Gasteiger charge is 2.28. The van der Waals surface area contributed by atoms with E-state index in [1.807, 2.05) is 24.3 Å². The molecular formula is C29H31N5O3. The third kappa shape index (κ3) is 5.53. The molecule has 1 N–H and O–H groups in total. The van der Waals surface area contributed by atoms with Crippen molar-refractivity contribution in [3.05, 3.63) is 59.8 Å². The van der Waals surface area contributed by atoms with E-state index in [9.17, 15) is 5.26 Å². The summed E-state index contributed by atoms with van der Waals surface area (Å²) in [7, 11) is 0. The lowest BCUT2D eigenvalue weighted by Crippen LogP contribution is -2.36. The van der Waals surface area contributed by atoms with E-state index in [0.29, 0.717) is 36.4 Å². The summed E-state index contributed by atoms with van der Waals surface area (Å²) in [5, 5.41) is 13.1. The van der Waals surface area contributed by atoms with Crippen molar-refractivity contribution >= 4 is 17.3 Å². The number of hydrogen-bond donors (Lipinski definition) is 1. The summed E-state index contributed by atoms with van der Waals surface area (Å²) < 4.78 is 17.1. The Morgan fingerprint density at radius 2 is 1.76 bits per heavy atom. The minimum Gasteiger partial charge on any atom is -0.489 e. The third-order valence-electron chi connectivity index (χ3n) is 7.17. The summed E-state index contributed by atoms with van der Waals surface area (Å²) in [4.78, 5) is 11.6. The Hall–Kier alpha value is -3.67. The Bertz CT molecular complexity index is 1290. The molecule has 3 aromatic rings. The Morgan fingerprint density at radius 3 is 2.54 bits per heavy atom. The predicted octanol–water partition coefficient (Wildman–Crippen LogP) is 5.03. The second-order valence-electron chi connectivity index (χ2n) is 9.79. The standard InChI is InChI=1S/C29H31N5O3/c30-19-22-17-21(3-6-28(22)37-24-8-13-35-14-9-24)26-7-10-31-29(33-26)32-23-4-5-27(25(18-23)20-1-2-20)34-11-15-36-16-12-34/h3-7,10,17-18,20,24H,1-2,8-9,11-16H2,(H,31,32,33). The van der Waals surface area contributed by atoms with Gasteiger partial charge in [0.2, 0.25) is 5.95 Å². The Balaban J connectivity index is 1.21. The molecule has 3 heterocycles. The topological polar surface area (TPSA) is 92.5 Å². The molecule has 3 aliphatic rings. The average molecular weight is 498 g/mol. The van der Waals surface area contributed by atoms with Gasteiger partial charge in [-0.1, -0.05) is 0 Å². The quantitative estimate of drug-likeness (QED) is 0.486. The smallest absolute Gasteiger partial charge is 0.227 e. The molecule has 2 aliphatic heterocycles. The molecule has 0 radical (unpaired) electrons. The zero-order valence-corrected chi connectivity index (χ0v) is 20.9. The van der Waals surface area contributed by atoms with Crippen LogP contribution in [0, 0.1) is 11.3 Å². The number of hydrogen-bond acceptors (Lipinski definition) is 8. The monoisotopic (exact) mass is 497 g/mol. The molecule has 0 amide bonds. The van der Waals surface area contributed by atoms with E-state index in [2.05, 4.69) is 39.5 Å². The number of nitriles is 1. The Morgan fingerprint density at radius 1 is 0.946 bits per heavy atom. The third-order valence-corrected chi connectivity index (χ3v) is 7.17. The van der Waals surface area contributed by atoms with Gasteiger partial charge < -0.3 is 24.4 Å². The first kappa shape index (κ1) is 23.7. The van der Waals surface area contributed by atoms with Crippen LogP contribution in [-0.4, -0.2) is 55.6 Å². The highest BCUT2D eigenvalue weighted by molar-refractivity contribution is 5.68. The predicted molar refractivity (Wildman–Crippen MR) is 141 cm³/mol. The van der Waals surface area contributed by atoms with E-state index in [0.717, 1.165) is 56.1 Å². The zero-order chi connectivity index (χ0) is 25.0. The van der Waals surface area contributed by atoms with Crippen molar-refractivity contribution in [3.63, 3.8) is 0 Å². The molecule has 1 saturated carbocycles. The lowest BCUT2D eigenvalue weighted by molar-refractivity contribution is 0.0254. The maximum Gasteiger partial charge on any atom is 0.227 e. The number of morpholine rings is 1. The molecule has 8 heteroatoms. The molecule has 1 aromatic heterocycles. The minimum atomic E-state index is 0.0803. The number of anilines is 3. The van der Waals surface area contributed by atoms with Gasteiger partial charge in [0.15, 0.2) is 0 Å². The fourth-order valence-electron chi connectivity index (χ4n) is 5.01. The van der Waals surface area contributed by atoms with Crippen LogP contribution in [0.1, 0.15) is 42.7 Å². The summed E-state index contributed by atoms with van der Waals surface area (Å²) in [5.74, 6) is 1.76. The van der Waals surface area contributed by atoms with Crippen molar-refractivity contribution in [2.24, 2.45) is 0 Å². The van der Waals surface area contributed by atoms with Gasteiger partial charge in [-0.25, -0.2) is 9.97 Å². The largest absolute Gasteiger partial charge is 0.489 e. The SMILES string of the molecule is N#Cc1cc(-c2ccnc(Nc3ccc(N4CCOCC4)c(C4CC4)c3)n2)ccc1OC1CCOCC1. The van der Waals surface area contributed by atoms with Gasteiger partial charge in [-0.15, -0.1) is 0 Å². The van der Waals surface area contributed by atoms with E-state index in [4.69, 9.17) is 19.2 Å². The van der Waals surface area contributed by atoms with Crippen LogP contribution >= 0.6 is 0 Å². The number of rotatable bonds is 7. The van der Waals surface area contributed by atoms with Crippen molar-refractivity contribution in [2.45, 2.75) is 37.7 Å². The summed E-state index contributed by atoms with van der Waals surface area (Å²) in [6.07, 6.45) is 5.97. The first-order chi connectivity index (χ1) is 18.3. The average Bonchev–Trinajstić information content (AvgIpc) is 3.80. The molecule has 0 spiro atoms. The van der Waals surface area contributed by atoms with E-state index in [-0.39, 0.29) is 6.10 Å². The molecular weight excluding hydrogens is 466 g/mol. The molecule has 8 nitrogen and oxygen atoms in total.